The highest BCUT2D eigenvalue weighted by Crippen LogP contribution is 2.34. The molecule has 0 amide bonds. The predicted octanol–water partition coefficient (Wildman–Crippen LogP) is 5.34. The Kier molecular flexibility index (Phi) is 4.37. The topological polar surface area (TPSA) is 49.8 Å². The molecule has 2 aromatic carbocycles. The van der Waals surface area contributed by atoms with Crippen molar-refractivity contribution in [3.63, 3.8) is 0 Å². The first kappa shape index (κ1) is 16.8. The van der Waals surface area contributed by atoms with Gasteiger partial charge in [-0.15, -0.1) is 0 Å². The van der Waals surface area contributed by atoms with Crippen LogP contribution in [0.25, 0.3) is 10.9 Å². The van der Waals surface area contributed by atoms with Crippen LogP contribution in [0.3, 0.4) is 0 Å². The Bertz CT molecular complexity index is 1110. The number of hydrogen-bond donors (Lipinski definition) is 2. The highest BCUT2D eigenvalue weighted by molar-refractivity contribution is 5.92. The van der Waals surface area contributed by atoms with E-state index in [1.165, 1.54) is 11.1 Å². The van der Waals surface area contributed by atoms with Gasteiger partial charge >= 0.3 is 0 Å². The van der Waals surface area contributed by atoms with Gasteiger partial charge in [0.25, 0.3) is 0 Å². The van der Waals surface area contributed by atoms with Gasteiger partial charge in [0.05, 0.1) is 11.6 Å². The van der Waals surface area contributed by atoms with Crippen LogP contribution in [0.2, 0.25) is 0 Å². The summed E-state index contributed by atoms with van der Waals surface area (Å²) in [5, 5.41) is 8.26. The SMILES string of the molecule is c1cncc(CNc2cccc3nc(N[C@@H]4CCc5ccccc54)ccc23)c1. The fraction of sp³-hybridized carbons (Fsp3) is 0.167. The van der Waals surface area contributed by atoms with Crippen molar-refractivity contribution < 1.29 is 0 Å². The summed E-state index contributed by atoms with van der Waals surface area (Å²) < 4.78 is 0. The van der Waals surface area contributed by atoms with Crippen molar-refractivity contribution in [1.82, 2.24) is 9.97 Å². The second-order valence-corrected chi connectivity index (χ2v) is 7.22. The standard InChI is InChI=1S/C24H22N4/c1-2-7-19-18(6-1)10-12-23(19)28-24-13-11-20-21(8-3-9-22(20)27-24)26-16-17-5-4-14-25-15-17/h1-9,11,13-15,23,26H,10,12,16H2,(H,27,28)/t23-/m1/s1. The highest BCUT2D eigenvalue weighted by atomic mass is 15.0. The fourth-order valence-electron chi connectivity index (χ4n) is 3.98. The number of fused-ring (bicyclic) bond motifs is 2. The summed E-state index contributed by atoms with van der Waals surface area (Å²) in [6.07, 6.45) is 5.93. The normalized spacial score (nSPS) is 15.4. The number of anilines is 2. The van der Waals surface area contributed by atoms with Crippen LogP contribution in [-0.2, 0) is 13.0 Å². The van der Waals surface area contributed by atoms with Crippen LogP contribution in [0.5, 0.6) is 0 Å². The van der Waals surface area contributed by atoms with Crippen LogP contribution in [-0.4, -0.2) is 9.97 Å². The molecule has 138 valence electrons. The smallest absolute Gasteiger partial charge is 0.127 e. The highest BCUT2D eigenvalue weighted by Gasteiger charge is 2.21. The molecule has 4 aromatic rings. The summed E-state index contributed by atoms with van der Waals surface area (Å²) in [6.45, 7) is 0.742. The molecule has 0 bridgehead atoms. The molecule has 0 radical (unpaired) electrons. The van der Waals surface area contributed by atoms with Crippen LogP contribution in [0.15, 0.2) is 79.1 Å². The molecular formula is C24H22N4. The van der Waals surface area contributed by atoms with E-state index >= 15 is 0 Å². The maximum atomic E-state index is 4.86. The van der Waals surface area contributed by atoms with Crippen LogP contribution in [0.4, 0.5) is 11.5 Å². The van der Waals surface area contributed by atoms with Gasteiger partial charge in [-0.3, -0.25) is 4.98 Å². The molecule has 0 aliphatic heterocycles. The lowest BCUT2D eigenvalue weighted by Crippen LogP contribution is -2.08. The van der Waals surface area contributed by atoms with E-state index in [0.29, 0.717) is 6.04 Å². The van der Waals surface area contributed by atoms with Crippen molar-refractivity contribution in [2.75, 3.05) is 10.6 Å². The Hall–Kier alpha value is -3.40. The van der Waals surface area contributed by atoms with Crippen LogP contribution in [0.1, 0.15) is 29.2 Å². The van der Waals surface area contributed by atoms with Gasteiger partial charge in [-0.1, -0.05) is 36.4 Å². The first-order valence-electron chi connectivity index (χ1n) is 9.74. The third-order valence-electron chi connectivity index (χ3n) is 5.39. The lowest BCUT2D eigenvalue weighted by Gasteiger charge is -2.16. The minimum absolute atomic E-state index is 0.341. The van der Waals surface area contributed by atoms with E-state index < -0.39 is 0 Å². The first-order chi connectivity index (χ1) is 13.9. The van der Waals surface area contributed by atoms with Gasteiger partial charge in [0, 0.05) is 30.0 Å². The van der Waals surface area contributed by atoms with Gasteiger partial charge in [0.1, 0.15) is 5.82 Å². The third kappa shape index (κ3) is 3.29. The number of rotatable bonds is 5. The summed E-state index contributed by atoms with van der Waals surface area (Å²) in [6, 6.07) is 23.5. The Labute approximate surface area is 164 Å². The zero-order valence-corrected chi connectivity index (χ0v) is 15.6. The van der Waals surface area contributed by atoms with Crippen molar-refractivity contribution in [1.29, 1.82) is 0 Å². The zero-order chi connectivity index (χ0) is 18.8. The number of nitrogens with zero attached hydrogens (tertiary/aromatic N) is 2. The largest absolute Gasteiger partial charge is 0.380 e. The fourth-order valence-corrected chi connectivity index (χ4v) is 3.98. The van der Waals surface area contributed by atoms with Crippen molar-refractivity contribution >= 4 is 22.4 Å². The summed E-state index contributed by atoms with van der Waals surface area (Å²) in [5.74, 6) is 0.929. The monoisotopic (exact) mass is 366 g/mol. The van der Waals surface area contributed by atoms with Crippen molar-refractivity contribution in [2.24, 2.45) is 0 Å². The van der Waals surface area contributed by atoms with Crippen LogP contribution >= 0.6 is 0 Å². The van der Waals surface area contributed by atoms with Gasteiger partial charge < -0.3 is 10.6 Å². The molecule has 28 heavy (non-hydrogen) atoms. The maximum absolute atomic E-state index is 4.86. The van der Waals surface area contributed by atoms with Crippen LogP contribution in [0, 0.1) is 0 Å². The molecule has 0 unspecified atom stereocenters. The van der Waals surface area contributed by atoms with Crippen molar-refractivity contribution in [3.8, 4) is 0 Å². The average molecular weight is 366 g/mol. The Morgan fingerprint density at radius 2 is 1.89 bits per heavy atom. The van der Waals surface area contributed by atoms with Gasteiger partial charge in [0.2, 0.25) is 0 Å². The minimum atomic E-state index is 0.341. The Morgan fingerprint density at radius 1 is 0.929 bits per heavy atom. The van der Waals surface area contributed by atoms with Gasteiger partial charge in [-0.05, 0) is 59.9 Å². The van der Waals surface area contributed by atoms with E-state index in [2.05, 4.69) is 76.3 Å². The van der Waals surface area contributed by atoms with E-state index in [9.17, 15) is 0 Å². The maximum Gasteiger partial charge on any atom is 0.127 e. The molecule has 1 atom stereocenters. The number of aryl methyl sites for hydroxylation is 1. The summed E-state index contributed by atoms with van der Waals surface area (Å²) in [7, 11) is 0. The van der Waals surface area contributed by atoms with Gasteiger partial charge in [0.15, 0.2) is 0 Å². The second kappa shape index (κ2) is 7.31. The molecular weight excluding hydrogens is 344 g/mol. The van der Waals surface area contributed by atoms with Crippen molar-refractivity contribution in [3.05, 3.63) is 95.8 Å². The van der Waals surface area contributed by atoms with E-state index in [1.54, 1.807) is 6.20 Å². The van der Waals surface area contributed by atoms with E-state index in [-0.39, 0.29) is 0 Å². The van der Waals surface area contributed by atoms with Gasteiger partial charge in [-0.2, -0.15) is 0 Å². The molecule has 0 spiro atoms. The number of benzene rings is 2. The van der Waals surface area contributed by atoms with Crippen LogP contribution < -0.4 is 10.6 Å². The average Bonchev–Trinajstić information content (AvgIpc) is 3.16. The predicted molar refractivity (Wildman–Crippen MR) is 114 cm³/mol. The van der Waals surface area contributed by atoms with E-state index in [0.717, 1.165) is 47.4 Å². The molecule has 1 aliphatic rings. The molecule has 2 aromatic heterocycles. The molecule has 1 aliphatic carbocycles. The lowest BCUT2D eigenvalue weighted by molar-refractivity contribution is 0.758. The molecule has 0 saturated carbocycles. The molecule has 4 nitrogen and oxygen atoms in total. The molecule has 2 heterocycles. The second-order valence-electron chi connectivity index (χ2n) is 7.22. The number of hydrogen-bond acceptors (Lipinski definition) is 4. The first-order valence-corrected chi connectivity index (χ1v) is 9.74. The Balaban J connectivity index is 1.37. The summed E-state index contributed by atoms with van der Waals surface area (Å²) in [5.41, 5.74) is 6.09. The quantitative estimate of drug-likeness (QED) is 0.500. The Morgan fingerprint density at radius 3 is 2.82 bits per heavy atom. The molecule has 5 rings (SSSR count). The van der Waals surface area contributed by atoms with Crippen molar-refractivity contribution in [2.45, 2.75) is 25.4 Å². The third-order valence-corrected chi connectivity index (χ3v) is 5.39. The zero-order valence-electron chi connectivity index (χ0n) is 15.6. The van der Waals surface area contributed by atoms with E-state index in [4.69, 9.17) is 4.98 Å². The number of aromatic nitrogens is 2. The molecule has 0 fully saturated rings. The van der Waals surface area contributed by atoms with E-state index in [1.807, 2.05) is 12.3 Å². The lowest BCUT2D eigenvalue weighted by atomic mass is 10.1. The molecule has 0 saturated heterocycles. The minimum Gasteiger partial charge on any atom is -0.380 e. The van der Waals surface area contributed by atoms with Gasteiger partial charge in [-0.25, -0.2) is 4.98 Å². The number of nitrogens with one attached hydrogen (secondary N) is 2. The molecule has 2 N–H and O–H groups in total. The molecule has 4 heteroatoms. The number of pyridine rings is 2. The summed E-state index contributed by atoms with van der Waals surface area (Å²) >= 11 is 0. The summed E-state index contributed by atoms with van der Waals surface area (Å²) in [4.78, 5) is 9.04.